The molecule has 0 bridgehead atoms. The summed E-state index contributed by atoms with van der Waals surface area (Å²) in [5, 5.41) is 8.92. The first-order valence-corrected chi connectivity index (χ1v) is 1.30. The van der Waals surface area contributed by atoms with Crippen LogP contribution in [0.25, 0.3) is 0 Å². The van der Waals surface area contributed by atoms with E-state index in [1.54, 1.807) is 0 Å². The molecule has 0 aromatic carbocycles. The minimum atomic E-state index is -0.505. The van der Waals surface area contributed by atoms with E-state index in [4.69, 9.17) is 0 Å². The molecule has 1 aliphatic heterocycles. The standard InChI is InChI=1S/C2N3O/c6-2-1-3-5-4-2. The van der Waals surface area contributed by atoms with Crippen molar-refractivity contribution in [3.05, 3.63) is 0 Å². The lowest BCUT2D eigenvalue weighted by Gasteiger charge is -1.54. The Hall–Kier alpha value is -1.06. The number of nitrogens with zero attached hydrogens (tertiary/aromatic N) is 3. The summed E-state index contributed by atoms with van der Waals surface area (Å²) in [6.07, 6.45) is 1.97. The molecule has 0 aromatic rings. The Morgan fingerprint density at radius 1 is 1.67 bits per heavy atom. The minimum Gasteiger partial charge on any atom is -0.263 e. The van der Waals surface area contributed by atoms with Crippen molar-refractivity contribution in [3.8, 4) is 0 Å². The molecule has 1 amide bonds. The van der Waals surface area contributed by atoms with Crippen molar-refractivity contribution < 1.29 is 4.79 Å². The maximum atomic E-state index is 9.78. The van der Waals surface area contributed by atoms with Crippen molar-refractivity contribution in [2.75, 3.05) is 0 Å². The summed E-state index contributed by atoms with van der Waals surface area (Å²) in [4.78, 5) is 9.78. The Kier molecular flexibility index (Phi) is 0.506. The second-order valence-corrected chi connectivity index (χ2v) is 0.706. The molecular formula is C2N3O. The van der Waals surface area contributed by atoms with Crippen LogP contribution in [0.2, 0.25) is 0 Å². The molecular weight excluding hydrogens is 82.0 g/mol. The molecule has 0 aliphatic carbocycles. The lowest BCUT2D eigenvalue weighted by molar-refractivity contribution is -0.111. The van der Waals surface area contributed by atoms with Gasteiger partial charge in [-0.1, -0.05) is 5.11 Å². The molecule has 0 spiro atoms. The summed E-state index contributed by atoms with van der Waals surface area (Å²) in [5.74, 6) is -0.505. The monoisotopic (exact) mass is 82.0 g/mol. The van der Waals surface area contributed by atoms with Crippen LogP contribution in [-0.2, 0) is 4.79 Å². The summed E-state index contributed by atoms with van der Waals surface area (Å²) in [5.41, 5.74) is 0. The molecule has 0 saturated carbocycles. The zero-order valence-electron chi connectivity index (χ0n) is 2.75. The third-order valence-corrected chi connectivity index (χ3v) is 0.326. The second-order valence-electron chi connectivity index (χ2n) is 0.706. The first-order chi connectivity index (χ1) is 2.89. The van der Waals surface area contributed by atoms with Gasteiger partial charge in [-0.15, -0.1) is 5.10 Å². The predicted octanol–water partition coefficient (Wildman–Crippen LogP) is -0.158. The predicted molar refractivity (Wildman–Crippen MR) is 17.3 cm³/mol. The number of carbonyl (C=O) groups is 1. The van der Waals surface area contributed by atoms with E-state index >= 15 is 0 Å². The summed E-state index contributed by atoms with van der Waals surface area (Å²) in [6.45, 7) is 0. The average Bonchev–Trinajstić information content (AvgIpc) is 1.86. The van der Waals surface area contributed by atoms with Gasteiger partial charge in [-0.2, -0.15) is 0 Å². The topological polar surface area (TPSA) is 54.1 Å². The van der Waals surface area contributed by atoms with Gasteiger partial charge < -0.3 is 0 Å². The first-order valence-electron chi connectivity index (χ1n) is 1.30. The maximum absolute atomic E-state index is 9.78. The highest BCUT2D eigenvalue weighted by Gasteiger charge is 1.96. The lowest BCUT2D eigenvalue weighted by atomic mass is 10.7. The maximum Gasteiger partial charge on any atom is 0.319 e. The van der Waals surface area contributed by atoms with Gasteiger partial charge in [0.15, 0.2) is 6.21 Å². The molecule has 0 unspecified atom stereocenters. The number of rotatable bonds is 0. The number of hydrogen-bond acceptors (Lipinski definition) is 3. The van der Waals surface area contributed by atoms with E-state index in [1.807, 2.05) is 6.21 Å². The molecule has 1 heterocycles. The van der Waals surface area contributed by atoms with Gasteiger partial charge in [0.2, 0.25) is 0 Å². The largest absolute Gasteiger partial charge is 0.319 e. The van der Waals surface area contributed by atoms with Crippen LogP contribution in [-0.4, -0.2) is 12.1 Å². The van der Waals surface area contributed by atoms with Crippen LogP contribution in [0.4, 0.5) is 0 Å². The van der Waals surface area contributed by atoms with E-state index in [1.165, 1.54) is 0 Å². The van der Waals surface area contributed by atoms with Crippen LogP contribution >= 0.6 is 0 Å². The lowest BCUT2D eigenvalue weighted by Crippen LogP contribution is -1.84. The fourth-order valence-electron chi connectivity index (χ4n) is 0.150. The average molecular weight is 82.0 g/mol. The third-order valence-electron chi connectivity index (χ3n) is 0.326. The van der Waals surface area contributed by atoms with Crippen molar-refractivity contribution in [3.63, 3.8) is 0 Å². The van der Waals surface area contributed by atoms with Crippen LogP contribution in [0.15, 0.2) is 15.4 Å². The normalized spacial score (nSPS) is 17.0. The van der Waals surface area contributed by atoms with Gasteiger partial charge in [0.05, 0.1) is 0 Å². The zero-order valence-corrected chi connectivity index (χ0v) is 2.75. The third kappa shape index (κ3) is 0.314. The number of carbonyl (C=O) groups excluding carboxylic acids is 1. The summed E-state index contributed by atoms with van der Waals surface area (Å²) in [7, 11) is 0. The van der Waals surface area contributed by atoms with E-state index in [0.29, 0.717) is 0 Å². The van der Waals surface area contributed by atoms with Crippen molar-refractivity contribution in [1.29, 1.82) is 0 Å². The number of hydrogen-bond donors (Lipinski definition) is 0. The number of amides is 1. The molecule has 0 N–H and O–H groups in total. The quantitative estimate of drug-likeness (QED) is 0.400. The Morgan fingerprint density at radius 2 is 2.50 bits per heavy atom. The van der Waals surface area contributed by atoms with Gasteiger partial charge in [0.1, 0.15) is 0 Å². The highest BCUT2D eigenvalue weighted by atomic mass is 16.2. The van der Waals surface area contributed by atoms with Crippen LogP contribution in [0.5, 0.6) is 0 Å². The van der Waals surface area contributed by atoms with Crippen molar-refractivity contribution in [2.45, 2.75) is 0 Å². The molecule has 29 valence electrons. The van der Waals surface area contributed by atoms with Crippen molar-refractivity contribution >= 4 is 12.1 Å². The van der Waals surface area contributed by atoms with Crippen molar-refractivity contribution in [1.82, 2.24) is 0 Å². The van der Waals surface area contributed by atoms with Gasteiger partial charge in [-0.05, 0) is 5.22 Å². The minimum absolute atomic E-state index is 0.505. The Balaban J connectivity index is 2.86. The second kappa shape index (κ2) is 0.965. The SMILES string of the molecule is O=C1[C]=NN=N1. The van der Waals surface area contributed by atoms with Gasteiger partial charge >= 0.3 is 5.91 Å². The molecule has 0 saturated heterocycles. The van der Waals surface area contributed by atoms with Gasteiger partial charge in [-0.3, -0.25) is 4.79 Å². The summed E-state index contributed by atoms with van der Waals surface area (Å²) < 4.78 is 0. The molecule has 0 atom stereocenters. The van der Waals surface area contributed by atoms with E-state index < -0.39 is 5.91 Å². The van der Waals surface area contributed by atoms with Gasteiger partial charge in [0, 0.05) is 0 Å². The van der Waals surface area contributed by atoms with E-state index in [9.17, 15) is 4.79 Å². The van der Waals surface area contributed by atoms with E-state index in [0.717, 1.165) is 0 Å². The van der Waals surface area contributed by atoms with Gasteiger partial charge in [-0.25, -0.2) is 0 Å². The Morgan fingerprint density at radius 3 is 2.67 bits per heavy atom. The Bertz CT molecular complexity index is 111. The highest BCUT2D eigenvalue weighted by molar-refractivity contribution is 6.27. The molecule has 4 heteroatoms. The molecule has 1 rings (SSSR count). The van der Waals surface area contributed by atoms with E-state index in [2.05, 4.69) is 15.4 Å². The summed E-state index contributed by atoms with van der Waals surface area (Å²) >= 11 is 0. The Labute approximate surface area is 33.6 Å². The fourth-order valence-corrected chi connectivity index (χ4v) is 0.150. The fraction of sp³-hybridized carbons (Fsp3) is 0. The van der Waals surface area contributed by atoms with Crippen molar-refractivity contribution in [2.24, 2.45) is 15.4 Å². The molecule has 0 aromatic heterocycles. The first kappa shape index (κ1) is 3.14. The van der Waals surface area contributed by atoms with E-state index in [-0.39, 0.29) is 0 Å². The summed E-state index contributed by atoms with van der Waals surface area (Å²) in [6, 6.07) is 0. The smallest absolute Gasteiger partial charge is 0.263 e. The highest BCUT2D eigenvalue weighted by Crippen LogP contribution is 1.83. The van der Waals surface area contributed by atoms with Crippen LogP contribution < -0.4 is 0 Å². The van der Waals surface area contributed by atoms with Crippen LogP contribution in [0, 0.1) is 0 Å². The van der Waals surface area contributed by atoms with Crippen LogP contribution in [0.1, 0.15) is 0 Å². The molecule has 4 nitrogen and oxygen atoms in total. The molecule has 1 aliphatic rings. The molecule has 0 fully saturated rings. The molecule has 1 radical (unpaired) electrons. The van der Waals surface area contributed by atoms with Crippen LogP contribution in [0.3, 0.4) is 0 Å². The zero-order chi connectivity index (χ0) is 4.41. The molecule has 6 heavy (non-hydrogen) atoms. The van der Waals surface area contributed by atoms with Gasteiger partial charge in [0.25, 0.3) is 0 Å².